The minimum Gasteiger partial charge on any atom is -0.388 e. The molecular formula is C30H33Cl2N11O6. The number of amides is 4. The number of hydrogen-bond acceptors (Lipinski definition) is 7. The molecule has 0 unspecified atom stereocenters. The first kappa shape index (κ1) is 37.4. The fourth-order valence-corrected chi connectivity index (χ4v) is 4.96. The number of amidine groups is 1. The SMILES string of the molecule is Cc1c(NC(=O)c2cc3c([N+](=O)[O-])cccc3[nH]2)c[nH]c1C(=O)Nc1c[nH]c(C(=O)Nc2c[nH]c(C(=O)NCCC(=N)N)c2C)c1C.Cl.Cl. The zero-order chi connectivity index (χ0) is 34.0. The summed E-state index contributed by atoms with van der Waals surface area (Å²) in [6, 6.07) is 5.89. The number of rotatable bonds is 11. The van der Waals surface area contributed by atoms with Crippen LogP contribution in [0.25, 0.3) is 10.9 Å². The molecule has 4 aromatic heterocycles. The van der Waals surface area contributed by atoms with Crippen LogP contribution in [0.3, 0.4) is 0 Å². The number of benzene rings is 1. The summed E-state index contributed by atoms with van der Waals surface area (Å²) in [5, 5.41) is 29.7. The Labute approximate surface area is 290 Å². The number of nitrogens with one attached hydrogen (secondary N) is 9. The zero-order valence-electron chi connectivity index (χ0n) is 26.2. The fourth-order valence-electron chi connectivity index (χ4n) is 4.96. The van der Waals surface area contributed by atoms with Crippen molar-refractivity contribution in [2.75, 3.05) is 22.5 Å². The summed E-state index contributed by atoms with van der Waals surface area (Å²) in [5.74, 6) is -2.04. The molecule has 0 aliphatic rings. The highest BCUT2D eigenvalue weighted by Crippen LogP contribution is 2.28. The summed E-state index contributed by atoms with van der Waals surface area (Å²) in [6.07, 6.45) is 4.62. The van der Waals surface area contributed by atoms with E-state index in [0.29, 0.717) is 44.7 Å². The van der Waals surface area contributed by atoms with Crippen molar-refractivity contribution in [2.24, 2.45) is 5.73 Å². The Balaban J connectivity index is 0.00000325. The van der Waals surface area contributed by atoms with Crippen LogP contribution in [0.4, 0.5) is 22.7 Å². The van der Waals surface area contributed by atoms with Crippen LogP contribution < -0.4 is 27.0 Å². The van der Waals surface area contributed by atoms with Crippen molar-refractivity contribution in [3.05, 3.63) is 92.4 Å². The first-order valence-electron chi connectivity index (χ1n) is 14.2. The van der Waals surface area contributed by atoms with E-state index in [1.165, 1.54) is 36.8 Å². The summed E-state index contributed by atoms with van der Waals surface area (Å²) in [5.41, 5.74) is 8.77. The maximum absolute atomic E-state index is 13.2. The van der Waals surface area contributed by atoms with Crippen LogP contribution in [0.5, 0.6) is 0 Å². The lowest BCUT2D eigenvalue weighted by Gasteiger charge is -2.07. The molecule has 0 radical (unpaired) electrons. The van der Waals surface area contributed by atoms with E-state index in [9.17, 15) is 29.3 Å². The van der Waals surface area contributed by atoms with Crippen LogP contribution in [-0.2, 0) is 0 Å². The van der Waals surface area contributed by atoms with Crippen LogP contribution in [0.15, 0.2) is 42.9 Å². The topological polar surface area (TPSA) is 273 Å². The minimum absolute atomic E-state index is 0. The molecule has 1 aromatic carbocycles. The first-order valence-corrected chi connectivity index (χ1v) is 14.2. The van der Waals surface area contributed by atoms with Crippen molar-refractivity contribution in [1.82, 2.24) is 25.3 Å². The normalized spacial score (nSPS) is 10.4. The number of hydrogen-bond donors (Lipinski definition) is 10. The highest BCUT2D eigenvalue weighted by Gasteiger charge is 2.23. The third-order valence-corrected chi connectivity index (χ3v) is 7.61. The number of fused-ring (bicyclic) bond motifs is 1. The number of nitro benzene ring substituents is 1. The second kappa shape index (κ2) is 15.2. The lowest BCUT2D eigenvalue weighted by molar-refractivity contribution is -0.383. The fraction of sp³-hybridized carbons (Fsp3) is 0.167. The summed E-state index contributed by atoms with van der Waals surface area (Å²) in [7, 11) is 0. The Morgan fingerprint density at radius 1 is 0.796 bits per heavy atom. The van der Waals surface area contributed by atoms with Crippen molar-refractivity contribution >= 4 is 87.9 Å². The highest BCUT2D eigenvalue weighted by molar-refractivity contribution is 6.11. The van der Waals surface area contributed by atoms with Gasteiger partial charge < -0.3 is 46.9 Å². The Hall–Kier alpha value is -6.07. The van der Waals surface area contributed by atoms with Crippen LogP contribution in [0, 0.1) is 36.3 Å². The van der Waals surface area contributed by atoms with Gasteiger partial charge in [-0.15, -0.1) is 24.8 Å². The molecule has 0 fully saturated rings. The average molecular weight is 715 g/mol. The Morgan fingerprint density at radius 2 is 1.27 bits per heavy atom. The van der Waals surface area contributed by atoms with E-state index in [1.807, 2.05) is 0 Å². The molecule has 19 heteroatoms. The van der Waals surface area contributed by atoms with Gasteiger partial charge in [-0.1, -0.05) is 6.07 Å². The first-order chi connectivity index (χ1) is 22.3. The van der Waals surface area contributed by atoms with Crippen LogP contribution >= 0.6 is 24.8 Å². The maximum atomic E-state index is 13.2. The van der Waals surface area contributed by atoms with Crippen molar-refractivity contribution < 1.29 is 24.1 Å². The number of non-ortho nitro benzene ring substituents is 1. The Morgan fingerprint density at radius 3 is 1.73 bits per heavy atom. The molecule has 0 saturated heterocycles. The number of nitrogens with zero attached hydrogens (tertiary/aromatic N) is 1. The van der Waals surface area contributed by atoms with E-state index in [0.717, 1.165) is 0 Å². The summed E-state index contributed by atoms with van der Waals surface area (Å²) >= 11 is 0. The van der Waals surface area contributed by atoms with E-state index in [4.69, 9.17) is 11.1 Å². The molecule has 0 aliphatic carbocycles. The number of carbonyl (C=O) groups is 4. The molecule has 0 spiro atoms. The number of carbonyl (C=O) groups excluding carboxylic acids is 4. The van der Waals surface area contributed by atoms with E-state index < -0.39 is 28.6 Å². The molecule has 0 atom stereocenters. The molecule has 5 rings (SSSR count). The summed E-state index contributed by atoms with van der Waals surface area (Å²) < 4.78 is 0. The van der Waals surface area contributed by atoms with Crippen LogP contribution in [-0.4, -0.2) is 60.9 Å². The van der Waals surface area contributed by atoms with Gasteiger partial charge >= 0.3 is 0 Å². The number of aromatic nitrogens is 4. The van der Waals surface area contributed by atoms with E-state index in [2.05, 4.69) is 41.2 Å². The maximum Gasteiger partial charge on any atom is 0.278 e. The second-order valence-electron chi connectivity index (χ2n) is 10.7. The molecule has 17 nitrogen and oxygen atoms in total. The number of nitrogens with two attached hydrogens (primary N) is 1. The van der Waals surface area contributed by atoms with Gasteiger partial charge in [-0.25, -0.2) is 0 Å². The van der Waals surface area contributed by atoms with Crippen LogP contribution in [0.2, 0.25) is 0 Å². The molecule has 0 saturated carbocycles. The number of nitro groups is 1. The minimum atomic E-state index is -0.555. The standard InChI is InChI=1S/C30H31N11O6.2ClH/c1-13-20(11-34-24(13)28(43)33-8-7-23(31)32)39-30(45)26-15(3)21(12-36-26)40-29(44)25-14(2)19(10-35-25)38-27(42)18-9-16-17(37-18)5-4-6-22(16)41(46)47;;/h4-6,9-12,34-37H,7-8H2,1-3H3,(H3,31,32)(H,33,43)(H,38,42)(H,39,45)(H,40,44);2*1H. The van der Waals surface area contributed by atoms with Crippen molar-refractivity contribution in [3.8, 4) is 0 Å². The smallest absolute Gasteiger partial charge is 0.278 e. The van der Waals surface area contributed by atoms with Gasteiger partial charge in [-0.05, 0) is 32.9 Å². The van der Waals surface area contributed by atoms with Gasteiger partial charge in [0.15, 0.2) is 0 Å². The second-order valence-corrected chi connectivity index (χ2v) is 10.7. The highest BCUT2D eigenvalue weighted by atomic mass is 35.5. The van der Waals surface area contributed by atoms with Gasteiger partial charge in [0.1, 0.15) is 22.8 Å². The van der Waals surface area contributed by atoms with Crippen molar-refractivity contribution in [3.63, 3.8) is 0 Å². The molecule has 4 amide bonds. The van der Waals surface area contributed by atoms with Gasteiger partial charge in [-0.3, -0.25) is 34.7 Å². The van der Waals surface area contributed by atoms with E-state index >= 15 is 0 Å². The Bertz CT molecular complexity index is 2090. The number of H-pyrrole nitrogens is 4. The van der Waals surface area contributed by atoms with Crippen molar-refractivity contribution in [2.45, 2.75) is 27.2 Å². The predicted octanol–water partition coefficient (Wildman–Crippen LogP) is 4.64. The molecule has 0 aliphatic heterocycles. The predicted molar refractivity (Wildman–Crippen MR) is 189 cm³/mol. The lowest BCUT2D eigenvalue weighted by atomic mass is 10.2. The third-order valence-electron chi connectivity index (χ3n) is 7.61. The third kappa shape index (κ3) is 7.74. The summed E-state index contributed by atoms with van der Waals surface area (Å²) in [4.78, 5) is 73.9. The van der Waals surface area contributed by atoms with Gasteiger partial charge in [0, 0.05) is 54.3 Å². The van der Waals surface area contributed by atoms with Gasteiger partial charge in [0.2, 0.25) is 0 Å². The van der Waals surface area contributed by atoms with Crippen molar-refractivity contribution in [1.29, 1.82) is 5.41 Å². The lowest BCUT2D eigenvalue weighted by Crippen LogP contribution is -2.28. The molecule has 49 heavy (non-hydrogen) atoms. The van der Waals surface area contributed by atoms with Gasteiger partial charge in [0.25, 0.3) is 29.3 Å². The Kier molecular flexibility index (Phi) is 11.6. The molecular weight excluding hydrogens is 681 g/mol. The molecule has 258 valence electrons. The van der Waals surface area contributed by atoms with Crippen LogP contribution in [0.1, 0.15) is 65.1 Å². The average Bonchev–Trinajstić information content (AvgIpc) is 3.79. The van der Waals surface area contributed by atoms with Gasteiger partial charge in [-0.2, -0.15) is 0 Å². The molecule has 5 aromatic rings. The largest absolute Gasteiger partial charge is 0.388 e. The molecule has 4 heterocycles. The number of anilines is 3. The zero-order valence-corrected chi connectivity index (χ0v) is 27.9. The van der Waals surface area contributed by atoms with Gasteiger partial charge in [0.05, 0.1) is 38.7 Å². The van der Waals surface area contributed by atoms with E-state index in [-0.39, 0.29) is 72.1 Å². The monoisotopic (exact) mass is 713 g/mol. The van der Waals surface area contributed by atoms with E-state index in [1.54, 1.807) is 26.8 Å². The quantitative estimate of drug-likeness (QED) is 0.0400. The molecule has 0 bridgehead atoms. The molecule has 11 N–H and O–H groups in total. The summed E-state index contributed by atoms with van der Waals surface area (Å²) in [6.45, 7) is 5.15. The number of aromatic amines is 4. The number of halogens is 2.